The third-order valence-corrected chi connectivity index (χ3v) is 3.67. The summed E-state index contributed by atoms with van der Waals surface area (Å²) in [6, 6.07) is 9.71. The van der Waals surface area contributed by atoms with Crippen LogP contribution in [0.4, 0.5) is 14.5 Å². The number of fused-ring (bicyclic) bond motifs is 1. The fourth-order valence-electron chi connectivity index (χ4n) is 2.73. The minimum Gasteiger partial charge on any atom is -0.367 e. The van der Waals surface area contributed by atoms with E-state index in [0.717, 1.165) is 35.3 Å². The molecule has 0 unspecified atom stereocenters. The van der Waals surface area contributed by atoms with E-state index in [4.69, 9.17) is 5.73 Å². The molecule has 0 saturated heterocycles. The molecule has 1 aliphatic heterocycles. The van der Waals surface area contributed by atoms with Crippen molar-refractivity contribution in [3.05, 3.63) is 64.7 Å². The van der Waals surface area contributed by atoms with Gasteiger partial charge in [0, 0.05) is 25.3 Å². The van der Waals surface area contributed by atoms with Gasteiger partial charge in [-0.15, -0.1) is 0 Å². The van der Waals surface area contributed by atoms with Crippen LogP contribution in [0.25, 0.3) is 0 Å². The summed E-state index contributed by atoms with van der Waals surface area (Å²) in [6.07, 6.45) is 0.897. The van der Waals surface area contributed by atoms with Crippen molar-refractivity contribution < 1.29 is 8.78 Å². The molecule has 0 bridgehead atoms. The monoisotopic (exact) mass is 274 g/mol. The Balaban J connectivity index is 1.87. The molecule has 2 N–H and O–H groups in total. The van der Waals surface area contributed by atoms with Gasteiger partial charge in [0.1, 0.15) is 11.6 Å². The minimum atomic E-state index is -0.276. The number of hydrogen-bond acceptors (Lipinski definition) is 2. The van der Waals surface area contributed by atoms with E-state index in [9.17, 15) is 8.78 Å². The molecule has 2 aromatic rings. The first-order valence-corrected chi connectivity index (χ1v) is 6.67. The molecular formula is C16H16F2N2. The molecule has 1 heterocycles. The first-order valence-electron chi connectivity index (χ1n) is 6.67. The van der Waals surface area contributed by atoms with E-state index in [1.165, 1.54) is 18.2 Å². The van der Waals surface area contributed by atoms with Gasteiger partial charge in [0.25, 0.3) is 0 Å². The van der Waals surface area contributed by atoms with Crippen LogP contribution >= 0.6 is 0 Å². The summed E-state index contributed by atoms with van der Waals surface area (Å²) >= 11 is 0. The van der Waals surface area contributed by atoms with Crippen molar-refractivity contribution in [2.45, 2.75) is 19.5 Å². The fraction of sp³-hybridized carbons (Fsp3) is 0.250. The Morgan fingerprint density at radius 2 is 1.80 bits per heavy atom. The van der Waals surface area contributed by atoms with Crippen LogP contribution in [-0.2, 0) is 19.5 Å². The van der Waals surface area contributed by atoms with Crippen molar-refractivity contribution in [2.24, 2.45) is 5.73 Å². The van der Waals surface area contributed by atoms with Gasteiger partial charge in [0.05, 0.1) is 0 Å². The highest BCUT2D eigenvalue weighted by atomic mass is 19.1. The summed E-state index contributed by atoms with van der Waals surface area (Å²) in [6.45, 7) is 1.71. The van der Waals surface area contributed by atoms with Crippen LogP contribution < -0.4 is 10.6 Å². The van der Waals surface area contributed by atoms with Crippen LogP contribution in [0.5, 0.6) is 0 Å². The molecule has 0 fully saturated rings. The Labute approximate surface area is 116 Å². The van der Waals surface area contributed by atoms with Crippen molar-refractivity contribution in [3.8, 4) is 0 Å². The van der Waals surface area contributed by atoms with Gasteiger partial charge in [0.15, 0.2) is 0 Å². The zero-order valence-corrected chi connectivity index (χ0v) is 11.1. The Kier molecular flexibility index (Phi) is 3.40. The van der Waals surface area contributed by atoms with Gasteiger partial charge < -0.3 is 10.6 Å². The molecule has 0 saturated carbocycles. The van der Waals surface area contributed by atoms with E-state index in [0.29, 0.717) is 13.1 Å². The van der Waals surface area contributed by atoms with Crippen LogP contribution in [0.1, 0.15) is 16.7 Å². The number of halogens is 2. The second-order valence-corrected chi connectivity index (χ2v) is 5.12. The van der Waals surface area contributed by atoms with E-state index >= 15 is 0 Å². The predicted octanol–water partition coefficient (Wildman–Crippen LogP) is 2.99. The molecule has 2 aromatic carbocycles. The highest BCUT2D eigenvalue weighted by Gasteiger charge is 2.19. The number of rotatable bonds is 3. The van der Waals surface area contributed by atoms with Crippen molar-refractivity contribution in [1.82, 2.24) is 0 Å². The smallest absolute Gasteiger partial charge is 0.125 e. The van der Waals surface area contributed by atoms with Crippen molar-refractivity contribution in [3.63, 3.8) is 0 Å². The molecule has 1 aliphatic rings. The largest absolute Gasteiger partial charge is 0.367 e. The molecule has 0 aliphatic carbocycles. The first kappa shape index (κ1) is 13.1. The zero-order valence-electron chi connectivity index (χ0n) is 11.1. The molecule has 4 heteroatoms. The molecule has 2 nitrogen and oxygen atoms in total. The highest BCUT2D eigenvalue weighted by molar-refractivity contribution is 5.58. The molecular weight excluding hydrogens is 258 g/mol. The molecule has 0 radical (unpaired) electrons. The molecule has 0 aromatic heterocycles. The Morgan fingerprint density at radius 3 is 2.60 bits per heavy atom. The van der Waals surface area contributed by atoms with E-state index in [2.05, 4.69) is 4.90 Å². The predicted molar refractivity (Wildman–Crippen MR) is 75.4 cm³/mol. The van der Waals surface area contributed by atoms with Crippen molar-refractivity contribution in [2.75, 3.05) is 11.4 Å². The van der Waals surface area contributed by atoms with Crippen LogP contribution in [0.15, 0.2) is 36.4 Å². The lowest BCUT2D eigenvalue weighted by molar-refractivity contribution is 0.621. The maximum atomic E-state index is 13.5. The third kappa shape index (κ3) is 2.51. The number of anilines is 1. The average molecular weight is 274 g/mol. The maximum Gasteiger partial charge on any atom is 0.125 e. The number of nitrogens with zero attached hydrogens (tertiary/aromatic N) is 1. The third-order valence-electron chi connectivity index (χ3n) is 3.67. The Morgan fingerprint density at radius 1 is 1.00 bits per heavy atom. The average Bonchev–Trinajstić information content (AvgIpc) is 2.80. The molecule has 0 atom stereocenters. The Hall–Kier alpha value is -1.94. The number of benzene rings is 2. The first-order chi connectivity index (χ1) is 9.65. The molecule has 104 valence electrons. The summed E-state index contributed by atoms with van der Waals surface area (Å²) in [7, 11) is 0. The van der Waals surface area contributed by atoms with Crippen LogP contribution in [-0.4, -0.2) is 6.54 Å². The van der Waals surface area contributed by atoms with E-state index in [1.54, 1.807) is 6.07 Å². The molecule has 0 amide bonds. The fourth-order valence-corrected chi connectivity index (χ4v) is 2.73. The lowest BCUT2D eigenvalue weighted by atomic mass is 10.1. The summed E-state index contributed by atoms with van der Waals surface area (Å²) in [5.41, 5.74) is 9.25. The second kappa shape index (κ2) is 5.21. The van der Waals surface area contributed by atoms with Gasteiger partial charge in [-0.1, -0.05) is 12.1 Å². The van der Waals surface area contributed by atoms with Gasteiger partial charge in [0.2, 0.25) is 0 Å². The molecule has 20 heavy (non-hydrogen) atoms. The minimum absolute atomic E-state index is 0.238. The van der Waals surface area contributed by atoms with Crippen LogP contribution in [0.3, 0.4) is 0 Å². The molecule has 0 spiro atoms. The van der Waals surface area contributed by atoms with Gasteiger partial charge in [-0.05, 0) is 47.4 Å². The SMILES string of the molecule is NCc1cc(F)cc(CN2CCc3ccc(F)cc32)c1. The highest BCUT2D eigenvalue weighted by Crippen LogP contribution is 2.30. The van der Waals surface area contributed by atoms with Crippen molar-refractivity contribution >= 4 is 5.69 Å². The maximum absolute atomic E-state index is 13.5. The summed E-state index contributed by atoms with van der Waals surface area (Å²) in [4.78, 5) is 2.08. The van der Waals surface area contributed by atoms with Gasteiger partial charge in [-0.2, -0.15) is 0 Å². The number of hydrogen-bond donors (Lipinski definition) is 1. The molecule has 3 rings (SSSR count). The Bertz CT molecular complexity index is 640. The van der Waals surface area contributed by atoms with E-state index < -0.39 is 0 Å². The second-order valence-electron chi connectivity index (χ2n) is 5.12. The normalized spacial score (nSPS) is 13.7. The van der Waals surface area contributed by atoms with Gasteiger partial charge >= 0.3 is 0 Å². The van der Waals surface area contributed by atoms with E-state index in [-0.39, 0.29) is 11.6 Å². The standard InChI is InChI=1S/C16H16F2N2/c17-14-2-1-13-3-4-20(16(13)8-14)10-12-5-11(9-19)6-15(18)7-12/h1-2,5-8H,3-4,9-10,19H2. The van der Waals surface area contributed by atoms with E-state index in [1.807, 2.05) is 12.1 Å². The van der Waals surface area contributed by atoms with Crippen LogP contribution in [0, 0.1) is 11.6 Å². The zero-order chi connectivity index (χ0) is 14.1. The quantitative estimate of drug-likeness (QED) is 0.932. The number of nitrogens with two attached hydrogens (primary N) is 1. The van der Waals surface area contributed by atoms with Crippen LogP contribution in [0.2, 0.25) is 0 Å². The van der Waals surface area contributed by atoms with Gasteiger partial charge in [-0.25, -0.2) is 8.78 Å². The van der Waals surface area contributed by atoms with Crippen molar-refractivity contribution in [1.29, 1.82) is 0 Å². The topological polar surface area (TPSA) is 29.3 Å². The lowest BCUT2D eigenvalue weighted by Crippen LogP contribution is -2.20. The summed E-state index contributed by atoms with van der Waals surface area (Å²) in [5.74, 6) is -0.515. The lowest BCUT2D eigenvalue weighted by Gasteiger charge is -2.20. The summed E-state index contributed by atoms with van der Waals surface area (Å²) < 4.78 is 26.9. The summed E-state index contributed by atoms with van der Waals surface area (Å²) in [5, 5.41) is 0. The van der Waals surface area contributed by atoms with Gasteiger partial charge in [-0.3, -0.25) is 0 Å².